The molecule has 0 fully saturated rings. The number of H-pyrrole nitrogens is 1. The van der Waals surface area contributed by atoms with Gasteiger partial charge in [-0.25, -0.2) is 8.42 Å². The molecule has 1 amide bonds. The maximum atomic E-state index is 11.8. The van der Waals surface area contributed by atoms with Gasteiger partial charge in [0.25, 0.3) is 15.9 Å². The van der Waals surface area contributed by atoms with Crippen LogP contribution in [0.15, 0.2) is 33.1 Å². The Morgan fingerprint density at radius 3 is 2.68 bits per heavy atom. The molecule has 0 aliphatic rings. The fourth-order valence-electron chi connectivity index (χ4n) is 1.17. The van der Waals surface area contributed by atoms with Gasteiger partial charge in [0.1, 0.15) is 9.90 Å². The van der Waals surface area contributed by atoms with Crippen LogP contribution in [0.3, 0.4) is 0 Å². The first-order chi connectivity index (χ1) is 8.88. The van der Waals surface area contributed by atoms with Gasteiger partial charge in [-0.15, -0.1) is 16.2 Å². The van der Waals surface area contributed by atoms with E-state index in [1.807, 2.05) is 4.83 Å². The summed E-state index contributed by atoms with van der Waals surface area (Å²) in [5.41, 5.74) is 2.32. The summed E-state index contributed by atoms with van der Waals surface area (Å²) in [6, 6.07) is 4.34. The van der Waals surface area contributed by atoms with Gasteiger partial charge in [0, 0.05) is 10.7 Å². The van der Waals surface area contributed by atoms with Gasteiger partial charge in [0.05, 0.1) is 4.34 Å². The van der Waals surface area contributed by atoms with Crippen molar-refractivity contribution in [3.8, 4) is 0 Å². The quantitative estimate of drug-likeness (QED) is 0.705. The van der Waals surface area contributed by atoms with Crippen molar-refractivity contribution < 1.29 is 13.2 Å². The minimum atomic E-state index is -3.81. The van der Waals surface area contributed by atoms with Gasteiger partial charge >= 0.3 is 0 Å². The number of carbonyl (C=O) groups excluding carboxylic acids is 1. The maximum absolute atomic E-state index is 11.8. The Labute approximate surface area is 126 Å². The molecule has 0 bridgehead atoms. The largest absolute Gasteiger partial charge is 0.356 e. The van der Waals surface area contributed by atoms with Crippen molar-refractivity contribution in [2.45, 2.75) is 4.21 Å². The summed E-state index contributed by atoms with van der Waals surface area (Å²) < 4.78 is 24.6. The molecule has 2 heterocycles. The van der Waals surface area contributed by atoms with Crippen LogP contribution in [0.25, 0.3) is 0 Å². The second kappa shape index (κ2) is 5.63. The van der Waals surface area contributed by atoms with E-state index in [0.717, 1.165) is 11.3 Å². The van der Waals surface area contributed by atoms with Crippen molar-refractivity contribution in [3.63, 3.8) is 0 Å². The molecule has 19 heavy (non-hydrogen) atoms. The van der Waals surface area contributed by atoms with Gasteiger partial charge in [-0.2, -0.15) is 0 Å². The van der Waals surface area contributed by atoms with E-state index in [1.165, 1.54) is 18.2 Å². The Hall–Kier alpha value is -0.870. The summed E-state index contributed by atoms with van der Waals surface area (Å²) >= 11 is 9.72. The lowest BCUT2D eigenvalue weighted by Gasteiger charge is -2.05. The topological polar surface area (TPSA) is 91.1 Å². The van der Waals surface area contributed by atoms with Crippen LogP contribution in [0.2, 0.25) is 4.34 Å². The maximum Gasteiger partial charge on any atom is 0.282 e. The highest BCUT2D eigenvalue weighted by molar-refractivity contribution is 9.10. The lowest BCUT2D eigenvalue weighted by Crippen LogP contribution is -2.41. The molecule has 102 valence electrons. The van der Waals surface area contributed by atoms with Gasteiger partial charge in [-0.1, -0.05) is 11.6 Å². The molecular formula is C9H7BrClN3O3S2. The Morgan fingerprint density at radius 1 is 1.42 bits per heavy atom. The number of nitrogens with one attached hydrogen (secondary N) is 3. The Morgan fingerprint density at radius 2 is 2.16 bits per heavy atom. The number of rotatable bonds is 4. The SMILES string of the molecule is O=C(NNS(=O)(=O)c1ccc(Cl)s1)c1cc(Br)c[nH]1. The molecule has 10 heteroatoms. The van der Waals surface area contributed by atoms with E-state index >= 15 is 0 Å². The number of amides is 1. The van der Waals surface area contributed by atoms with E-state index in [2.05, 4.69) is 26.3 Å². The standard InChI is InChI=1S/C9H7BrClN3O3S2/c10-5-3-6(12-4-5)9(15)13-14-19(16,17)8-2-1-7(11)18-8/h1-4,12,14H,(H,13,15). The predicted octanol–water partition coefficient (Wildman–Crippen LogP) is 2.12. The molecule has 0 saturated heterocycles. The Balaban J connectivity index is 2.04. The lowest BCUT2D eigenvalue weighted by molar-refractivity contribution is 0.0940. The molecular weight excluding hydrogens is 378 g/mol. The molecule has 0 spiro atoms. The molecule has 0 aromatic carbocycles. The average Bonchev–Trinajstić information content (AvgIpc) is 2.95. The highest BCUT2D eigenvalue weighted by Gasteiger charge is 2.18. The van der Waals surface area contributed by atoms with Crippen LogP contribution in [-0.4, -0.2) is 19.3 Å². The minimum absolute atomic E-state index is 0.0190. The zero-order chi connectivity index (χ0) is 14.0. The first-order valence-electron chi connectivity index (χ1n) is 4.80. The van der Waals surface area contributed by atoms with E-state index < -0.39 is 15.9 Å². The second-order valence-electron chi connectivity index (χ2n) is 3.35. The lowest BCUT2D eigenvalue weighted by atomic mass is 10.4. The van der Waals surface area contributed by atoms with E-state index in [-0.39, 0.29) is 9.90 Å². The summed E-state index contributed by atoms with van der Waals surface area (Å²) in [6.45, 7) is 0. The molecule has 3 N–H and O–H groups in total. The van der Waals surface area contributed by atoms with Crippen molar-refractivity contribution in [2.24, 2.45) is 0 Å². The van der Waals surface area contributed by atoms with Crippen molar-refractivity contribution in [1.82, 2.24) is 15.2 Å². The van der Waals surface area contributed by atoms with Gasteiger partial charge in [-0.3, -0.25) is 10.2 Å². The number of hydrazine groups is 1. The molecule has 0 radical (unpaired) electrons. The monoisotopic (exact) mass is 383 g/mol. The summed E-state index contributed by atoms with van der Waals surface area (Å²) in [4.78, 5) is 16.3. The van der Waals surface area contributed by atoms with Crippen molar-refractivity contribution in [1.29, 1.82) is 0 Å². The number of halogens is 2. The third-order valence-electron chi connectivity index (χ3n) is 2.00. The zero-order valence-corrected chi connectivity index (χ0v) is 13.1. The summed E-state index contributed by atoms with van der Waals surface area (Å²) in [6.07, 6.45) is 1.56. The highest BCUT2D eigenvalue weighted by atomic mass is 79.9. The van der Waals surface area contributed by atoms with Crippen molar-refractivity contribution >= 4 is 54.8 Å². The number of hydrogen-bond acceptors (Lipinski definition) is 4. The van der Waals surface area contributed by atoms with Crippen LogP contribution >= 0.6 is 38.9 Å². The number of sulfonamides is 1. The third-order valence-corrected chi connectivity index (χ3v) is 5.43. The normalized spacial score (nSPS) is 11.5. The summed E-state index contributed by atoms with van der Waals surface area (Å²) in [5, 5.41) is 0. The van der Waals surface area contributed by atoms with Crippen LogP contribution in [0.1, 0.15) is 10.5 Å². The fraction of sp³-hybridized carbons (Fsp3) is 0. The number of aromatic nitrogens is 1. The van der Waals surface area contributed by atoms with E-state index in [1.54, 1.807) is 6.20 Å². The predicted molar refractivity (Wildman–Crippen MR) is 75.6 cm³/mol. The minimum Gasteiger partial charge on any atom is -0.356 e. The van der Waals surface area contributed by atoms with Crippen molar-refractivity contribution in [2.75, 3.05) is 0 Å². The fourth-order valence-corrected chi connectivity index (χ4v) is 3.84. The average molecular weight is 385 g/mol. The number of carbonyl (C=O) groups is 1. The van der Waals surface area contributed by atoms with Gasteiger partial charge in [0.15, 0.2) is 0 Å². The van der Waals surface area contributed by atoms with Crippen LogP contribution < -0.4 is 10.3 Å². The molecule has 0 atom stereocenters. The van der Waals surface area contributed by atoms with E-state index in [0.29, 0.717) is 8.81 Å². The number of thiophene rings is 1. The Bertz CT molecular complexity index is 710. The van der Waals surface area contributed by atoms with E-state index in [4.69, 9.17) is 11.6 Å². The summed E-state index contributed by atoms with van der Waals surface area (Å²) in [7, 11) is -3.81. The second-order valence-corrected chi connectivity index (χ2v) is 7.89. The molecule has 0 aliphatic carbocycles. The van der Waals surface area contributed by atoms with Gasteiger partial charge in [0.2, 0.25) is 0 Å². The molecule has 2 rings (SSSR count). The number of aromatic amines is 1. The third kappa shape index (κ3) is 3.57. The Kier molecular flexibility index (Phi) is 4.31. The smallest absolute Gasteiger partial charge is 0.282 e. The number of hydrogen-bond donors (Lipinski definition) is 3. The van der Waals surface area contributed by atoms with Gasteiger partial charge in [-0.05, 0) is 34.1 Å². The molecule has 0 unspecified atom stereocenters. The highest BCUT2D eigenvalue weighted by Crippen LogP contribution is 2.24. The molecule has 6 nitrogen and oxygen atoms in total. The van der Waals surface area contributed by atoms with Crippen LogP contribution in [0.4, 0.5) is 0 Å². The zero-order valence-electron chi connectivity index (χ0n) is 9.11. The van der Waals surface area contributed by atoms with Gasteiger partial charge < -0.3 is 4.98 Å². The molecule has 2 aromatic rings. The van der Waals surface area contributed by atoms with Crippen LogP contribution in [0.5, 0.6) is 0 Å². The molecule has 0 aliphatic heterocycles. The first kappa shape index (κ1) is 14.5. The first-order valence-corrected chi connectivity index (χ1v) is 8.27. The molecule has 0 saturated carbocycles. The van der Waals surface area contributed by atoms with Crippen LogP contribution in [0, 0.1) is 0 Å². The summed E-state index contributed by atoms with van der Waals surface area (Å²) in [5.74, 6) is -0.600. The molecule has 2 aromatic heterocycles. The van der Waals surface area contributed by atoms with Crippen molar-refractivity contribution in [3.05, 3.63) is 38.9 Å². The van der Waals surface area contributed by atoms with Crippen LogP contribution in [-0.2, 0) is 10.0 Å². The van der Waals surface area contributed by atoms with E-state index in [9.17, 15) is 13.2 Å².